The van der Waals surface area contributed by atoms with Crippen molar-refractivity contribution in [2.24, 2.45) is 0 Å². The van der Waals surface area contributed by atoms with Gasteiger partial charge in [0.05, 0.1) is 17.6 Å². The molecular formula is C28H28N4O2. The van der Waals surface area contributed by atoms with Crippen LogP contribution in [-0.4, -0.2) is 49.7 Å². The van der Waals surface area contributed by atoms with Gasteiger partial charge in [0.1, 0.15) is 5.82 Å². The number of likely N-dealkylation sites (tertiary alicyclic amines) is 1. The Morgan fingerprint density at radius 2 is 1.68 bits per heavy atom. The van der Waals surface area contributed by atoms with E-state index >= 15 is 0 Å². The number of para-hydroxylation sites is 1. The van der Waals surface area contributed by atoms with E-state index in [0.717, 1.165) is 54.9 Å². The molecule has 3 heterocycles. The summed E-state index contributed by atoms with van der Waals surface area (Å²) in [7, 11) is 0. The van der Waals surface area contributed by atoms with E-state index in [1.54, 1.807) is 0 Å². The highest BCUT2D eigenvalue weighted by Gasteiger charge is 2.21. The minimum absolute atomic E-state index is 0.0182. The number of aliphatic hydroxyl groups excluding tert-OH is 1. The predicted octanol–water partition coefficient (Wildman–Crippen LogP) is 5.06. The standard InChI is InChI=1S/C28H28N4O2/c1-2-31-24-8-4-3-7-21(24)22-17-19(9-11-25(22)31)27-29-23-18-20(28(34)30-13-5-6-14-30)10-12-26(23)32(27)15-16-33/h3-4,7-12,17-18,33H,2,5-6,13-16H2,1H3. The molecule has 0 aliphatic carbocycles. The van der Waals surface area contributed by atoms with Crippen LogP contribution in [0.3, 0.4) is 0 Å². The van der Waals surface area contributed by atoms with Gasteiger partial charge >= 0.3 is 0 Å². The van der Waals surface area contributed by atoms with Gasteiger partial charge in [0.2, 0.25) is 0 Å². The van der Waals surface area contributed by atoms with Gasteiger partial charge in [0, 0.05) is 59.1 Å². The SMILES string of the molecule is CCn1c2ccccc2c2cc(-c3nc4cc(C(=O)N5CCCC5)ccc4n3CCO)ccc21. The molecule has 2 aromatic heterocycles. The molecular weight excluding hydrogens is 424 g/mol. The lowest BCUT2D eigenvalue weighted by Gasteiger charge is -2.15. The molecule has 1 N–H and O–H groups in total. The molecule has 6 rings (SSSR count). The van der Waals surface area contributed by atoms with Gasteiger partial charge in [0.25, 0.3) is 5.91 Å². The average Bonchev–Trinajstić information content (AvgIpc) is 3.60. The molecule has 1 amide bonds. The van der Waals surface area contributed by atoms with Crippen LogP contribution < -0.4 is 0 Å². The molecule has 1 saturated heterocycles. The van der Waals surface area contributed by atoms with E-state index in [0.29, 0.717) is 12.1 Å². The molecule has 0 radical (unpaired) electrons. The van der Waals surface area contributed by atoms with Crippen LogP contribution in [0.25, 0.3) is 44.2 Å². The van der Waals surface area contributed by atoms with Gasteiger partial charge in [-0.25, -0.2) is 4.98 Å². The van der Waals surface area contributed by atoms with E-state index in [2.05, 4.69) is 58.5 Å². The Balaban J connectivity index is 1.51. The summed E-state index contributed by atoms with van der Waals surface area (Å²) in [5.41, 5.74) is 5.82. The lowest BCUT2D eigenvalue weighted by molar-refractivity contribution is 0.0793. The fourth-order valence-corrected chi connectivity index (χ4v) is 5.45. The predicted molar refractivity (Wildman–Crippen MR) is 136 cm³/mol. The molecule has 0 bridgehead atoms. The van der Waals surface area contributed by atoms with Crippen molar-refractivity contribution < 1.29 is 9.90 Å². The molecule has 0 unspecified atom stereocenters. The minimum atomic E-state index is 0.0182. The number of carbonyl (C=O) groups excluding carboxylic acids is 1. The largest absolute Gasteiger partial charge is 0.395 e. The molecule has 1 aliphatic heterocycles. The van der Waals surface area contributed by atoms with Crippen LogP contribution in [0, 0.1) is 0 Å². The molecule has 3 aromatic carbocycles. The normalized spacial score (nSPS) is 14.1. The molecule has 5 aromatic rings. The summed E-state index contributed by atoms with van der Waals surface area (Å²) < 4.78 is 4.39. The summed E-state index contributed by atoms with van der Waals surface area (Å²) in [6, 6.07) is 20.7. The number of benzene rings is 3. The highest BCUT2D eigenvalue weighted by atomic mass is 16.3. The number of aliphatic hydroxyl groups is 1. The van der Waals surface area contributed by atoms with Crippen molar-refractivity contribution in [2.75, 3.05) is 19.7 Å². The van der Waals surface area contributed by atoms with E-state index in [9.17, 15) is 9.90 Å². The zero-order valence-corrected chi connectivity index (χ0v) is 19.4. The summed E-state index contributed by atoms with van der Waals surface area (Å²) in [6.45, 7) is 5.19. The van der Waals surface area contributed by atoms with Gasteiger partial charge in [-0.15, -0.1) is 0 Å². The maximum atomic E-state index is 12.9. The van der Waals surface area contributed by atoms with Gasteiger partial charge in [0.15, 0.2) is 0 Å². The van der Waals surface area contributed by atoms with E-state index in [1.807, 2.05) is 23.1 Å². The second kappa shape index (κ2) is 8.29. The van der Waals surface area contributed by atoms with E-state index in [1.165, 1.54) is 21.8 Å². The summed E-state index contributed by atoms with van der Waals surface area (Å²) in [5.74, 6) is 0.886. The highest BCUT2D eigenvalue weighted by molar-refractivity contribution is 6.09. The third kappa shape index (κ3) is 3.21. The summed E-state index contributed by atoms with van der Waals surface area (Å²) in [4.78, 5) is 19.8. The van der Waals surface area contributed by atoms with Gasteiger partial charge in [-0.2, -0.15) is 0 Å². The smallest absolute Gasteiger partial charge is 0.253 e. The molecule has 6 heteroatoms. The number of amides is 1. The Morgan fingerprint density at radius 1 is 0.912 bits per heavy atom. The minimum Gasteiger partial charge on any atom is -0.395 e. The number of nitrogens with zero attached hydrogens (tertiary/aromatic N) is 4. The Morgan fingerprint density at radius 3 is 2.47 bits per heavy atom. The number of hydrogen-bond acceptors (Lipinski definition) is 3. The maximum absolute atomic E-state index is 12.9. The van der Waals surface area contributed by atoms with Crippen molar-refractivity contribution in [3.63, 3.8) is 0 Å². The Hall–Kier alpha value is -3.64. The second-order valence-electron chi connectivity index (χ2n) is 9.01. The first kappa shape index (κ1) is 20.9. The first-order valence-corrected chi connectivity index (χ1v) is 12.1. The number of rotatable bonds is 5. The number of imidazole rings is 1. The van der Waals surface area contributed by atoms with E-state index in [4.69, 9.17) is 4.98 Å². The van der Waals surface area contributed by atoms with E-state index in [-0.39, 0.29) is 12.5 Å². The Bertz CT molecular complexity index is 1540. The van der Waals surface area contributed by atoms with Crippen molar-refractivity contribution in [1.29, 1.82) is 0 Å². The molecule has 1 fully saturated rings. The van der Waals surface area contributed by atoms with E-state index < -0.39 is 0 Å². The second-order valence-corrected chi connectivity index (χ2v) is 9.01. The van der Waals surface area contributed by atoms with Crippen LogP contribution in [0.1, 0.15) is 30.1 Å². The number of fused-ring (bicyclic) bond motifs is 4. The van der Waals surface area contributed by atoms with Gasteiger partial charge < -0.3 is 19.1 Å². The van der Waals surface area contributed by atoms with Crippen molar-refractivity contribution in [3.8, 4) is 11.4 Å². The Kier molecular flexibility index (Phi) is 5.11. The molecule has 0 saturated carbocycles. The van der Waals surface area contributed by atoms with Crippen molar-refractivity contribution >= 4 is 38.7 Å². The van der Waals surface area contributed by atoms with Crippen LogP contribution >= 0.6 is 0 Å². The monoisotopic (exact) mass is 452 g/mol. The number of aromatic nitrogens is 3. The van der Waals surface area contributed by atoms with Crippen LogP contribution in [0.2, 0.25) is 0 Å². The average molecular weight is 453 g/mol. The quantitative estimate of drug-likeness (QED) is 0.405. The Labute approximate surface area is 198 Å². The zero-order chi connectivity index (χ0) is 23.2. The highest BCUT2D eigenvalue weighted by Crippen LogP contribution is 2.34. The lowest BCUT2D eigenvalue weighted by Crippen LogP contribution is -2.27. The summed E-state index contributed by atoms with van der Waals surface area (Å²) in [5, 5.41) is 12.2. The summed E-state index contributed by atoms with van der Waals surface area (Å²) >= 11 is 0. The van der Waals surface area contributed by atoms with Crippen LogP contribution in [0.5, 0.6) is 0 Å². The molecule has 6 nitrogen and oxygen atoms in total. The molecule has 0 atom stereocenters. The fourth-order valence-electron chi connectivity index (χ4n) is 5.45. The topological polar surface area (TPSA) is 63.3 Å². The third-order valence-corrected chi connectivity index (χ3v) is 7.06. The number of carbonyl (C=O) groups is 1. The molecule has 0 spiro atoms. The van der Waals surface area contributed by atoms with Crippen molar-refractivity contribution in [1.82, 2.24) is 19.0 Å². The van der Waals surface area contributed by atoms with Crippen LogP contribution in [0.4, 0.5) is 0 Å². The maximum Gasteiger partial charge on any atom is 0.253 e. The first-order valence-electron chi connectivity index (χ1n) is 12.1. The van der Waals surface area contributed by atoms with Crippen molar-refractivity contribution in [2.45, 2.75) is 32.9 Å². The van der Waals surface area contributed by atoms with Crippen LogP contribution in [0.15, 0.2) is 60.7 Å². The summed E-state index contributed by atoms with van der Waals surface area (Å²) in [6.07, 6.45) is 2.14. The molecule has 1 aliphatic rings. The first-order chi connectivity index (χ1) is 16.7. The van der Waals surface area contributed by atoms with Gasteiger partial charge in [-0.05, 0) is 62.2 Å². The van der Waals surface area contributed by atoms with Crippen molar-refractivity contribution in [3.05, 3.63) is 66.2 Å². The number of hydrogen-bond donors (Lipinski definition) is 1. The molecule has 34 heavy (non-hydrogen) atoms. The fraction of sp³-hybridized carbons (Fsp3) is 0.286. The van der Waals surface area contributed by atoms with Gasteiger partial charge in [-0.1, -0.05) is 18.2 Å². The molecule has 172 valence electrons. The number of aryl methyl sites for hydroxylation is 1. The van der Waals surface area contributed by atoms with Gasteiger partial charge in [-0.3, -0.25) is 4.79 Å². The van der Waals surface area contributed by atoms with Crippen LogP contribution in [-0.2, 0) is 13.1 Å². The third-order valence-electron chi connectivity index (χ3n) is 7.06. The lowest BCUT2D eigenvalue weighted by atomic mass is 10.1. The zero-order valence-electron chi connectivity index (χ0n) is 19.4.